The normalized spacial score (nSPS) is 12.6. The zero-order valence-corrected chi connectivity index (χ0v) is 15.4. The fourth-order valence-electron chi connectivity index (χ4n) is 2.98. The molecule has 3 aromatic rings. The molecule has 0 aromatic heterocycles. The second kappa shape index (κ2) is 7.81. The first-order chi connectivity index (χ1) is 13.7. The number of anilines is 1. The summed E-state index contributed by atoms with van der Waals surface area (Å²) in [4.78, 5) is 17.1. The van der Waals surface area contributed by atoms with Gasteiger partial charge in [0.15, 0.2) is 0 Å². The molecule has 0 atom stereocenters. The van der Waals surface area contributed by atoms with Gasteiger partial charge in [-0.1, -0.05) is 42.2 Å². The molecule has 1 aliphatic rings. The van der Waals surface area contributed by atoms with Gasteiger partial charge in [-0.25, -0.2) is 0 Å². The van der Waals surface area contributed by atoms with Crippen molar-refractivity contribution in [3.8, 4) is 17.6 Å². The molecule has 0 unspecified atom stereocenters. The Morgan fingerprint density at radius 1 is 0.929 bits per heavy atom. The van der Waals surface area contributed by atoms with E-state index in [1.54, 1.807) is 7.11 Å². The Morgan fingerprint density at radius 3 is 2.57 bits per heavy atom. The van der Waals surface area contributed by atoms with Gasteiger partial charge in [-0.2, -0.15) is 0 Å². The van der Waals surface area contributed by atoms with Crippen LogP contribution in [0.3, 0.4) is 0 Å². The van der Waals surface area contributed by atoms with Crippen LogP contribution in [0.15, 0.2) is 77.8 Å². The standard InChI is InChI=1S/C24H18N2O2/c1-28-20-9-5-8-19(15-20)22-16-24(27)26-23-14-18(12-13-21(23)25-22)11-10-17-6-3-2-4-7-17/h2-9,12-15H,16H2,1H3,(H,26,27). The van der Waals surface area contributed by atoms with Crippen molar-refractivity contribution < 1.29 is 9.53 Å². The van der Waals surface area contributed by atoms with Crippen LogP contribution in [-0.4, -0.2) is 18.7 Å². The molecule has 0 spiro atoms. The summed E-state index contributed by atoms with van der Waals surface area (Å²) in [6.45, 7) is 0. The summed E-state index contributed by atoms with van der Waals surface area (Å²) in [6.07, 6.45) is 0.201. The maximum atomic E-state index is 12.4. The third-order valence-electron chi connectivity index (χ3n) is 4.38. The average Bonchev–Trinajstić information content (AvgIpc) is 2.90. The van der Waals surface area contributed by atoms with Crippen LogP contribution in [0.25, 0.3) is 0 Å². The maximum Gasteiger partial charge on any atom is 0.230 e. The lowest BCUT2D eigenvalue weighted by Gasteiger charge is -2.06. The van der Waals surface area contributed by atoms with Crippen molar-refractivity contribution in [3.63, 3.8) is 0 Å². The molecule has 28 heavy (non-hydrogen) atoms. The molecule has 0 saturated heterocycles. The number of hydrogen-bond acceptors (Lipinski definition) is 3. The van der Waals surface area contributed by atoms with Crippen molar-refractivity contribution in [2.75, 3.05) is 12.4 Å². The number of amides is 1. The maximum absolute atomic E-state index is 12.4. The summed E-state index contributed by atoms with van der Waals surface area (Å²) >= 11 is 0. The Balaban J connectivity index is 1.69. The van der Waals surface area contributed by atoms with E-state index in [4.69, 9.17) is 9.73 Å². The summed E-state index contributed by atoms with van der Waals surface area (Å²) < 4.78 is 5.28. The third-order valence-corrected chi connectivity index (χ3v) is 4.38. The molecule has 136 valence electrons. The summed E-state index contributed by atoms with van der Waals surface area (Å²) in [6, 6.07) is 23.0. The van der Waals surface area contributed by atoms with Gasteiger partial charge in [0, 0.05) is 16.7 Å². The number of hydrogen-bond donors (Lipinski definition) is 1. The predicted octanol–water partition coefficient (Wildman–Crippen LogP) is 4.56. The first-order valence-electron chi connectivity index (χ1n) is 8.94. The van der Waals surface area contributed by atoms with Gasteiger partial charge in [0.25, 0.3) is 0 Å². The lowest BCUT2D eigenvalue weighted by atomic mass is 10.1. The SMILES string of the molecule is COc1cccc(C2=Nc3ccc(C#Cc4ccccc4)cc3NC(=O)C2)c1. The molecule has 1 heterocycles. The van der Waals surface area contributed by atoms with E-state index in [1.807, 2.05) is 72.8 Å². The van der Waals surface area contributed by atoms with Crippen molar-refractivity contribution in [1.29, 1.82) is 0 Å². The molecule has 4 heteroatoms. The number of fused-ring (bicyclic) bond motifs is 1. The molecule has 4 nitrogen and oxygen atoms in total. The second-order valence-corrected chi connectivity index (χ2v) is 6.36. The van der Waals surface area contributed by atoms with Gasteiger partial charge in [0.2, 0.25) is 5.91 Å². The Bertz CT molecular complexity index is 1120. The number of benzene rings is 3. The number of aliphatic imine (C=N–C) groups is 1. The van der Waals surface area contributed by atoms with E-state index in [0.29, 0.717) is 17.1 Å². The minimum atomic E-state index is -0.103. The van der Waals surface area contributed by atoms with Crippen LogP contribution < -0.4 is 10.1 Å². The summed E-state index contributed by atoms with van der Waals surface area (Å²) in [5.74, 6) is 6.90. The zero-order chi connectivity index (χ0) is 19.3. The van der Waals surface area contributed by atoms with Crippen LogP contribution >= 0.6 is 0 Å². The monoisotopic (exact) mass is 366 g/mol. The fraction of sp³-hybridized carbons (Fsp3) is 0.0833. The topological polar surface area (TPSA) is 50.7 Å². The van der Waals surface area contributed by atoms with E-state index >= 15 is 0 Å². The Kier molecular flexibility index (Phi) is 4.90. The van der Waals surface area contributed by atoms with Crippen molar-refractivity contribution in [3.05, 3.63) is 89.5 Å². The Hall–Kier alpha value is -3.84. The minimum absolute atomic E-state index is 0.103. The molecule has 0 saturated carbocycles. The highest BCUT2D eigenvalue weighted by molar-refractivity contribution is 6.17. The van der Waals surface area contributed by atoms with E-state index in [9.17, 15) is 4.79 Å². The van der Waals surface area contributed by atoms with Gasteiger partial charge in [-0.15, -0.1) is 0 Å². The number of nitrogens with one attached hydrogen (secondary N) is 1. The molecule has 0 aliphatic carbocycles. The van der Waals surface area contributed by atoms with Crippen LogP contribution in [0, 0.1) is 11.8 Å². The fourth-order valence-corrected chi connectivity index (χ4v) is 2.98. The Morgan fingerprint density at radius 2 is 1.75 bits per heavy atom. The molecule has 1 N–H and O–H groups in total. The van der Waals surface area contributed by atoms with Crippen molar-refractivity contribution in [1.82, 2.24) is 0 Å². The summed E-state index contributed by atoms with van der Waals surface area (Å²) in [7, 11) is 1.62. The molecule has 1 aliphatic heterocycles. The van der Waals surface area contributed by atoms with E-state index in [0.717, 1.165) is 22.4 Å². The van der Waals surface area contributed by atoms with Crippen LogP contribution in [0.4, 0.5) is 11.4 Å². The highest BCUT2D eigenvalue weighted by Gasteiger charge is 2.17. The molecule has 0 bridgehead atoms. The number of carbonyl (C=O) groups excluding carboxylic acids is 1. The molecule has 0 radical (unpaired) electrons. The predicted molar refractivity (Wildman–Crippen MR) is 111 cm³/mol. The molecular formula is C24H18N2O2. The van der Waals surface area contributed by atoms with E-state index < -0.39 is 0 Å². The molecule has 3 aromatic carbocycles. The van der Waals surface area contributed by atoms with E-state index in [-0.39, 0.29) is 12.3 Å². The molecule has 0 fully saturated rings. The van der Waals surface area contributed by atoms with Gasteiger partial charge in [0.05, 0.1) is 30.6 Å². The quantitative estimate of drug-likeness (QED) is 0.676. The largest absolute Gasteiger partial charge is 0.497 e. The van der Waals surface area contributed by atoms with Crippen LogP contribution in [0.1, 0.15) is 23.1 Å². The minimum Gasteiger partial charge on any atom is -0.497 e. The van der Waals surface area contributed by atoms with Gasteiger partial charge < -0.3 is 10.1 Å². The van der Waals surface area contributed by atoms with Gasteiger partial charge >= 0.3 is 0 Å². The van der Waals surface area contributed by atoms with Crippen LogP contribution in [-0.2, 0) is 4.79 Å². The average molecular weight is 366 g/mol. The number of ether oxygens (including phenoxy) is 1. The van der Waals surface area contributed by atoms with Gasteiger partial charge in [-0.05, 0) is 42.5 Å². The van der Waals surface area contributed by atoms with Crippen LogP contribution in [0.5, 0.6) is 5.75 Å². The second-order valence-electron chi connectivity index (χ2n) is 6.36. The van der Waals surface area contributed by atoms with Crippen molar-refractivity contribution in [2.24, 2.45) is 4.99 Å². The first kappa shape index (κ1) is 17.6. The summed E-state index contributed by atoms with van der Waals surface area (Å²) in [5.41, 5.74) is 4.73. The van der Waals surface area contributed by atoms with Crippen molar-refractivity contribution >= 4 is 23.0 Å². The third kappa shape index (κ3) is 3.94. The molecule has 4 rings (SSSR count). The van der Waals surface area contributed by atoms with Crippen LogP contribution in [0.2, 0.25) is 0 Å². The lowest BCUT2D eigenvalue weighted by Crippen LogP contribution is -2.15. The van der Waals surface area contributed by atoms with E-state index in [2.05, 4.69) is 17.2 Å². The highest BCUT2D eigenvalue weighted by Crippen LogP contribution is 2.30. The zero-order valence-electron chi connectivity index (χ0n) is 15.4. The Labute approximate surface area is 163 Å². The van der Waals surface area contributed by atoms with Gasteiger partial charge in [0.1, 0.15) is 5.75 Å². The van der Waals surface area contributed by atoms with Gasteiger partial charge in [-0.3, -0.25) is 9.79 Å². The molecular weight excluding hydrogens is 348 g/mol. The first-order valence-corrected chi connectivity index (χ1v) is 8.94. The number of nitrogens with zero attached hydrogens (tertiary/aromatic N) is 1. The lowest BCUT2D eigenvalue weighted by molar-refractivity contribution is -0.115. The van der Waals surface area contributed by atoms with Crippen molar-refractivity contribution in [2.45, 2.75) is 6.42 Å². The smallest absolute Gasteiger partial charge is 0.230 e. The highest BCUT2D eigenvalue weighted by atomic mass is 16.5. The molecule has 1 amide bonds. The number of carbonyl (C=O) groups is 1. The number of rotatable bonds is 2. The van der Waals surface area contributed by atoms with E-state index in [1.165, 1.54) is 0 Å². The number of methoxy groups -OCH3 is 1. The summed E-state index contributed by atoms with van der Waals surface area (Å²) in [5, 5.41) is 2.94.